The highest BCUT2D eigenvalue weighted by Gasteiger charge is 2.41. The standard InChI is InChI=1S/C14H20N4O3/c1-2-6-14(7-8-14)9-16-13(19)10-4-3-5-11(17-15)12(10)18(20)21/h3-5,17H,2,6-9,15H2,1H3,(H,16,19). The monoisotopic (exact) mass is 292 g/mol. The number of nitrogen functional groups attached to an aromatic ring is 1. The van der Waals surface area contributed by atoms with Gasteiger partial charge in [-0.1, -0.05) is 19.4 Å². The Morgan fingerprint density at radius 1 is 1.48 bits per heavy atom. The third-order valence-electron chi connectivity index (χ3n) is 3.98. The highest BCUT2D eigenvalue weighted by atomic mass is 16.6. The molecule has 1 aliphatic carbocycles. The Morgan fingerprint density at radius 2 is 2.19 bits per heavy atom. The molecule has 7 nitrogen and oxygen atoms in total. The van der Waals surface area contributed by atoms with Crippen LogP contribution in [0.2, 0.25) is 0 Å². The van der Waals surface area contributed by atoms with Crippen LogP contribution >= 0.6 is 0 Å². The van der Waals surface area contributed by atoms with Gasteiger partial charge in [-0.05, 0) is 36.8 Å². The Labute approximate surface area is 123 Å². The van der Waals surface area contributed by atoms with E-state index >= 15 is 0 Å². The lowest BCUT2D eigenvalue weighted by atomic mass is 10.0. The summed E-state index contributed by atoms with van der Waals surface area (Å²) in [5.74, 6) is 4.83. The van der Waals surface area contributed by atoms with E-state index in [4.69, 9.17) is 5.84 Å². The maximum atomic E-state index is 12.2. The molecule has 0 spiro atoms. The summed E-state index contributed by atoms with van der Waals surface area (Å²) in [5, 5.41) is 14.0. The Kier molecular flexibility index (Phi) is 4.42. The van der Waals surface area contributed by atoms with E-state index in [0.29, 0.717) is 6.54 Å². The summed E-state index contributed by atoms with van der Waals surface area (Å²) in [6.45, 7) is 2.68. The lowest BCUT2D eigenvalue weighted by molar-refractivity contribution is -0.384. The summed E-state index contributed by atoms with van der Waals surface area (Å²) in [6.07, 6.45) is 4.35. The lowest BCUT2D eigenvalue weighted by Crippen LogP contribution is -2.30. The lowest BCUT2D eigenvalue weighted by Gasteiger charge is -2.15. The van der Waals surface area contributed by atoms with Gasteiger partial charge in [0, 0.05) is 6.54 Å². The molecule has 1 saturated carbocycles. The number of para-hydroxylation sites is 1. The van der Waals surface area contributed by atoms with Crippen molar-refractivity contribution < 1.29 is 9.72 Å². The van der Waals surface area contributed by atoms with Crippen LogP contribution in [0.3, 0.4) is 0 Å². The summed E-state index contributed by atoms with van der Waals surface area (Å²) in [6, 6.07) is 4.47. The Bertz CT molecular complexity index is 555. The molecule has 1 aliphatic rings. The van der Waals surface area contributed by atoms with E-state index in [1.165, 1.54) is 12.1 Å². The smallest absolute Gasteiger partial charge is 0.306 e. The molecule has 114 valence electrons. The van der Waals surface area contributed by atoms with Crippen molar-refractivity contribution in [3.63, 3.8) is 0 Å². The molecule has 0 heterocycles. The van der Waals surface area contributed by atoms with Crippen LogP contribution in [0.4, 0.5) is 11.4 Å². The molecule has 0 radical (unpaired) electrons. The minimum atomic E-state index is -0.594. The van der Waals surface area contributed by atoms with Crippen molar-refractivity contribution in [3.05, 3.63) is 33.9 Å². The first-order valence-electron chi connectivity index (χ1n) is 7.05. The quantitative estimate of drug-likeness (QED) is 0.405. The molecule has 21 heavy (non-hydrogen) atoms. The topological polar surface area (TPSA) is 110 Å². The number of nitrogens with two attached hydrogens (primary N) is 1. The van der Waals surface area contributed by atoms with Gasteiger partial charge in [-0.15, -0.1) is 0 Å². The SMILES string of the molecule is CCCC1(CNC(=O)c2cccc(NN)c2[N+](=O)[O-])CC1. The average Bonchev–Trinajstić information content (AvgIpc) is 3.24. The van der Waals surface area contributed by atoms with Crippen LogP contribution in [0.5, 0.6) is 0 Å². The van der Waals surface area contributed by atoms with Crippen molar-refractivity contribution in [1.82, 2.24) is 5.32 Å². The number of carbonyl (C=O) groups is 1. The van der Waals surface area contributed by atoms with Crippen LogP contribution in [0.25, 0.3) is 0 Å². The minimum Gasteiger partial charge on any atom is -0.351 e. The van der Waals surface area contributed by atoms with Gasteiger partial charge in [0.25, 0.3) is 5.91 Å². The number of amides is 1. The first-order valence-corrected chi connectivity index (χ1v) is 7.05. The molecule has 0 bridgehead atoms. The molecule has 0 aliphatic heterocycles. The van der Waals surface area contributed by atoms with Gasteiger partial charge in [0.1, 0.15) is 11.3 Å². The van der Waals surface area contributed by atoms with Gasteiger partial charge in [-0.25, -0.2) is 0 Å². The number of nitro groups is 1. The Morgan fingerprint density at radius 3 is 2.71 bits per heavy atom. The summed E-state index contributed by atoms with van der Waals surface area (Å²) < 4.78 is 0. The van der Waals surface area contributed by atoms with Gasteiger partial charge in [-0.3, -0.25) is 20.8 Å². The maximum absolute atomic E-state index is 12.2. The van der Waals surface area contributed by atoms with Crippen LogP contribution < -0.4 is 16.6 Å². The first kappa shape index (κ1) is 15.2. The van der Waals surface area contributed by atoms with Crippen LogP contribution in [0.15, 0.2) is 18.2 Å². The van der Waals surface area contributed by atoms with Crippen molar-refractivity contribution in [2.24, 2.45) is 11.3 Å². The number of benzene rings is 1. The predicted octanol–water partition coefficient (Wildman–Crippen LogP) is 2.19. The predicted molar refractivity (Wildman–Crippen MR) is 79.8 cm³/mol. The van der Waals surface area contributed by atoms with Crippen molar-refractivity contribution in [2.75, 3.05) is 12.0 Å². The van der Waals surface area contributed by atoms with Gasteiger partial charge in [0.2, 0.25) is 0 Å². The van der Waals surface area contributed by atoms with Gasteiger partial charge in [0.05, 0.1) is 4.92 Å². The van der Waals surface area contributed by atoms with E-state index < -0.39 is 10.8 Å². The molecule has 2 rings (SSSR count). The summed E-state index contributed by atoms with van der Waals surface area (Å²) >= 11 is 0. The molecule has 4 N–H and O–H groups in total. The van der Waals surface area contributed by atoms with Crippen molar-refractivity contribution >= 4 is 17.3 Å². The molecular formula is C14H20N4O3. The number of rotatable bonds is 7. The van der Waals surface area contributed by atoms with E-state index in [1.54, 1.807) is 6.07 Å². The van der Waals surface area contributed by atoms with Crippen molar-refractivity contribution in [1.29, 1.82) is 0 Å². The molecule has 1 amide bonds. The third-order valence-corrected chi connectivity index (χ3v) is 3.98. The number of hydrazine groups is 1. The zero-order valence-electron chi connectivity index (χ0n) is 12.0. The Hall–Kier alpha value is -2.15. The van der Waals surface area contributed by atoms with E-state index in [0.717, 1.165) is 25.7 Å². The molecule has 7 heteroatoms. The van der Waals surface area contributed by atoms with Gasteiger partial charge in [0.15, 0.2) is 0 Å². The van der Waals surface area contributed by atoms with Gasteiger partial charge >= 0.3 is 5.69 Å². The highest BCUT2D eigenvalue weighted by Crippen LogP contribution is 2.49. The number of anilines is 1. The molecule has 0 atom stereocenters. The fraction of sp³-hybridized carbons (Fsp3) is 0.500. The number of nitrogens with zero attached hydrogens (tertiary/aromatic N) is 1. The minimum absolute atomic E-state index is 0.0303. The normalized spacial score (nSPS) is 15.3. The number of carbonyl (C=O) groups excluding carboxylic acids is 1. The molecule has 1 fully saturated rings. The van der Waals surface area contributed by atoms with E-state index in [2.05, 4.69) is 17.7 Å². The zero-order chi connectivity index (χ0) is 15.5. The fourth-order valence-electron chi connectivity index (χ4n) is 2.63. The second-order valence-corrected chi connectivity index (χ2v) is 5.54. The molecule has 0 saturated heterocycles. The van der Waals surface area contributed by atoms with Crippen molar-refractivity contribution in [3.8, 4) is 0 Å². The Balaban J connectivity index is 2.14. The molecule has 0 aromatic heterocycles. The fourth-order valence-corrected chi connectivity index (χ4v) is 2.63. The second kappa shape index (κ2) is 6.09. The van der Waals surface area contributed by atoms with Crippen LogP contribution in [-0.2, 0) is 0 Å². The maximum Gasteiger partial charge on any atom is 0.306 e. The van der Waals surface area contributed by atoms with Crippen LogP contribution in [-0.4, -0.2) is 17.4 Å². The second-order valence-electron chi connectivity index (χ2n) is 5.54. The largest absolute Gasteiger partial charge is 0.351 e. The number of nitro benzene ring substituents is 1. The summed E-state index contributed by atoms with van der Waals surface area (Å²) in [5.41, 5.74) is 2.32. The molecular weight excluding hydrogens is 272 g/mol. The summed E-state index contributed by atoms with van der Waals surface area (Å²) in [4.78, 5) is 22.8. The van der Waals surface area contributed by atoms with Crippen LogP contribution in [0.1, 0.15) is 43.0 Å². The zero-order valence-corrected chi connectivity index (χ0v) is 12.0. The third kappa shape index (κ3) is 3.30. The first-order chi connectivity index (χ1) is 10.0. The van der Waals surface area contributed by atoms with E-state index in [1.807, 2.05) is 0 Å². The van der Waals surface area contributed by atoms with Crippen LogP contribution in [0, 0.1) is 15.5 Å². The number of hydrogen-bond acceptors (Lipinski definition) is 5. The summed E-state index contributed by atoms with van der Waals surface area (Å²) in [7, 11) is 0. The average molecular weight is 292 g/mol. The van der Waals surface area contributed by atoms with Crippen molar-refractivity contribution in [2.45, 2.75) is 32.6 Å². The van der Waals surface area contributed by atoms with Gasteiger partial charge < -0.3 is 10.7 Å². The van der Waals surface area contributed by atoms with E-state index in [9.17, 15) is 14.9 Å². The number of hydrogen-bond donors (Lipinski definition) is 3. The molecule has 1 aromatic rings. The van der Waals surface area contributed by atoms with E-state index in [-0.39, 0.29) is 22.4 Å². The highest BCUT2D eigenvalue weighted by molar-refractivity contribution is 6.00. The molecule has 0 unspecified atom stereocenters. The molecule has 1 aromatic carbocycles. The van der Waals surface area contributed by atoms with Gasteiger partial charge in [-0.2, -0.15) is 0 Å². The number of nitrogens with one attached hydrogen (secondary N) is 2.